The van der Waals surface area contributed by atoms with E-state index in [4.69, 9.17) is 4.74 Å². The lowest BCUT2D eigenvalue weighted by Gasteiger charge is -2.35. The molecule has 7 nitrogen and oxygen atoms in total. The van der Waals surface area contributed by atoms with Gasteiger partial charge in [0.25, 0.3) is 11.5 Å². The van der Waals surface area contributed by atoms with Crippen molar-refractivity contribution in [3.8, 4) is 0 Å². The molecule has 2 aliphatic heterocycles. The molecule has 0 aromatic carbocycles. The normalized spacial score (nSPS) is 20.9. The van der Waals surface area contributed by atoms with Gasteiger partial charge in [-0.15, -0.1) is 0 Å². The lowest BCUT2D eigenvalue weighted by Crippen LogP contribution is -2.48. The number of rotatable bonds is 3. The van der Waals surface area contributed by atoms with E-state index in [1.54, 1.807) is 35.2 Å². The summed E-state index contributed by atoms with van der Waals surface area (Å²) in [7, 11) is 1.63. The van der Waals surface area contributed by atoms with Gasteiger partial charge < -0.3 is 19.1 Å². The van der Waals surface area contributed by atoms with Crippen LogP contribution in [0.25, 0.3) is 0 Å². The second kappa shape index (κ2) is 9.06. The summed E-state index contributed by atoms with van der Waals surface area (Å²) in [6.07, 6.45) is 8.35. The van der Waals surface area contributed by atoms with Crippen molar-refractivity contribution in [1.29, 1.82) is 0 Å². The van der Waals surface area contributed by atoms with E-state index in [0.717, 1.165) is 58.0 Å². The Labute approximate surface area is 159 Å². The van der Waals surface area contributed by atoms with Crippen molar-refractivity contribution < 1.29 is 14.3 Å². The number of piperidine rings is 1. The Kier molecular flexibility index (Phi) is 6.53. The predicted molar refractivity (Wildman–Crippen MR) is 102 cm³/mol. The largest absolute Gasteiger partial charge is 0.447 e. The molecule has 0 bridgehead atoms. The maximum Gasteiger partial charge on any atom is 0.409 e. The zero-order valence-corrected chi connectivity index (χ0v) is 16.1. The van der Waals surface area contributed by atoms with E-state index in [0.29, 0.717) is 6.54 Å². The minimum atomic E-state index is -0.298. The first-order valence-corrected chi connectivity index (χ1v) is 9.96. The topological polar surface area (TPSA) is 71.8 Å². The predicted octanol–water partition coefficient (Wildman–Crippen LogP) is 2.39. The molecule has 1 aromatic heterocycles. The number of aryl methyl sites for hydroxylation is 1. The minimum Gasteiger partial charge on any atom is -0.447 e. The first-order chi connectivity index (χ1) is 13.1. The second-order valence-corrected chi connectivity index (χ2v) is 7.46. The summed E-state index contributed by atoms with van der Waals surface area (Å²) < 4.78 is 6.96. The summed E-state index contributed by atoms with van der Waals surface area (Å²) in [5.74, 6) is -0.272. The fraction of sp³-hybridized carbons (Fsp3) is 0.650. The number of carbonyl (C=O) groups is 2. The molecule has 3 rings (SSSR count). The van der Waals surface area contributed by atoms with Crippen molar-refractivity contribution in [3.63, 3.8) is 0 Å². The van der Waals surface area contributed by atoms with E-state index in [-0.39, 0.29) is 35.8 Å². The third-order valence-electron chi connectivity index (χ3n) is 5.51. The van der Waals surface area contributed by atoms with Gasteiger partial charge in [-0.25, -0.2) is 4.79 Å². The first-order valence-electron chi connectivity index (χ1n) is 9.96. The van der Waals surface area contributed by atoms with Gasteiger partial charge in [0.05, 0.1) is 6.04 Å². The molecule has 148 valence electrons. The highest BCUT2D eigenvalue weighted by Crippen LogP contribution is 2.20. The van der Waals surface area contributed by atoms with Gasteiger partial charge in [0.15, 0.2) is 0 Å². The number of hydrogen-bond acceptors (Lipinski definition) is 4. The Bertz CT molecular complexity index is 722. The Balaban J connectivity index is 1.64. The molecule has 2 saturated heterocycles. The van der Waals surface area contributed by atoms with Gasteiger partial charge in [-0.05, 0) is 44.2 Å². The molecule has 0 N–H and O–H groups in total. The number of aromatic nitrogens is 1. The highest BCUT2D eigenvalue weighted by Gasteiger charge is 2.30. The third kappa shape index (κ3) is 4.70. The van der Waals surface area contributed by atoms with Gasteiger partial charge in [0, 0.05) is 32.9 Å². The van der Waals surface area contributed by atoms with E-state index in [9.17, 15) is 14.4 Å². The molecule has 1 unspecified atom stereocenters. The zero-order chi connectivity index (χ0) is 19.2. The van der Waals surface area contributed by atoms with Crippen LogP contribution in [0.3, 0.4) is 0 Å². The van der Waals surface area contributed by atoms with Crippen molar-refractivity contribution >= 4 is 12.0 Å². The third-order valence-corrected chi connectivity index (χ3v) is 5.51. The Morgan fingerprint density at radius 2 is 1.78 bits per heavy atom. The first kappa shape index (κ1) is 19.5. The Hall–Kier alpha value is -2.31. The second-order valence-electron chi connectivity index (χ2n) is 7.46. The minimum absolute atomic E-state index is 0.172. The van der Waals surface area contributed by atoms with Gasteiger partial charge in [-0.3, -0.25) is 9.59 Å². The average molecular weight is 375 g/mol. The number of nitrogens with zero attached hydrogens (tertiary/aromatic N) is 3. The van der Waals surface area contributed by atoms with Crippen LogP contribution in [-0.4, -0.2) is 58.7 Å². The van der Waals surface area contributed by atoms with Crippen LogP contribution in [0, 0.1) is 0 Å². The van der Waals surface area contributed by atoms with E-state index >= 15 is 0 Å². The van der Waals surface area contributed by atoms with Crippen LogP contribution in [0.15, 0.2) is 23.1 Å². The summed E-state index contributed by atoms with van der Waals surface area (Å²) in [6, 6.07) is 3.10. The molecule has 7 heteroatoms. The fourth-order valence-electron chi connectivity index (χ4n) is 3.87. The Morgan fingerprint density at radius 1 is 1.07 bits per heavy atom. The quantitative estimate of drug-likeness (QED) is 0.813. The smallest absolute Gasteiger partial charge is 0.409 e. The fourth-order valence-corrected chi connectivity index (χ4v) is 3.87. The molecular weight excluding hydrogens is 346 g/mol. The average Bonchev–Trinajstić information content (AvgIpc) is 2.97. The highest BCUT2D eigenvalue weighted by molar-refractivity contribution is 5.94. The standard InChI is InChI=1S/C20H29N3O4/c1-21-11-8-10-17(18(21)24)19(25)23-14-7-4-9-16(23)15-27-20(26)22-12-5-2-3-6-13-22/h8,10-11,16H,2-7,9,12-15H2,1H3. The van der Waals surface area contributed by atoms with Crippen molar-refractivity contribution in [2.24, 2.45) is 7.05 Å². The summed E-state index contributed by atoms with van der Waals surface area (Å²) in [6.45, 7) is 2.26. The maximum absolute atomic E-state index is 12.9. The van der Waals surface area contributed by atoms with Gasteiger partial charge >= 0.3 is 6.09 Å². The van der Waals surface area contributed by atoms with Gasteiger partial charge in [-0.1, -0.05) is 12.8 Å². The van der Waals surface area contributed by atoms with E-state index in [1.807, 2.05) is 0 Å². The zero-order valence-electron chi connectivity index (χ0n) is 16.1. The van der Waals surface area contributed by atoms with Crippen LogP contribution < -0.4 is 5.56 Å². The number of hydrogen-bond donors (Lipinski definition) is 0. The maximum atomic E-state index is 12.9. The molecule has 1 atom stereocenters. The van der Waals surface area contributed by atoms with Crippen molar-refractivity contribution in [2.45, 2.75) is 51.0 Å². The SMILES string of the molecule is Cn1cccc(C(=O)N2CCCCC2COC(=O)N2CCCCCC2)c1=O. The molecular formula is C20H29N3O4. The molecule has 0 saturated carbocycles. The van der Waals surface area contributed by atoms with E-state index in [2.05, 4.69) is 0 Å². The molecule has 0 aliphatic carbocycles. The van der Waals surface area contributed by atoms with Crippen LogP contribution >= 0.6 is 0 Å². The summed E-state index contributed by atoms with van der Waals surface area (Å²) >= 11 is 0. The molecule has 2 aliphatic rings. The monoisotopic (exact) mass is 375 g/mol. The van der Waals surface area contributed by atoms with Crippen LogP contribution in [-0.2, 0) is 11.8 Å². The van der Waals surface area contributed by atoms with Crippen molar-refractivity contribution in [1.82, 2.24) is 14.4 Å². The van der Waals surface area contributed by atoms with E-state index in [1.165, 1.54) is 4.57 Å². The molecule has 2 amide bonds. The van der Waals surface area contributed by atoms with Crippen molar-refractivity contribution in [3.05, 3.63) is 34.2 Å². The van der Waals surface area contributed by atoms with Gasteiger partial charge in [0.2, 0.25) is 0 Å². The number of likely N-dealkylation sites (tertiary alicyclic amines) is 2. The summed E-state index contributed by atoms with van der Waals surface area (Å²) in [5.41, 5.74) is -0.126. The number of ether oxygens (including phenoxy) is 1. The van der Waals surface area contributed by atoms with Gasteiger partial charge in [0.1, 0.15) is 12.2 Å². The molecule has 0 spiro atoms. The highest BCUT2D eigenvalue weighted by atomic mass is 16.6. The van der Waals surface area contributed by atoms with Crippen LogP contribution in [0.5, 0.6) is 0 Å². The number of amides is 2. The summed E-state index contributed by atoms with van der Waals surface area (Å²) in [5, 5.41) is 0. The molecule has 3 heterocycles. The van der Waals surface area contributed by atoms with Crippen LogP contribution in [0.1, 0.15) is 55.3 Å². The van der Waals surface area contributed by atoms with Gasteiger partial charge in [-0.2, -0.15) is 0 Å². The summed E-state index contributed by atoms with van der Waals surface area (Å²) in [4.78, 5) is 41.1. The number of carbonyl (C=O) groups excluding carboxylic acids is 2. The molecule has 2 fully saturated rings. The molecule has 27 heavy (non-hydrogen) atoms. The number of pyridine rings is 1. The lowest BCUT2D eigenvalue weighted by atomic mass is 10.0. The molecule has 1 aromatic rings. The van der Waals surface area contributed by atoms with Crippen molar-refractivity contribution in [2.75, 3.05) is 26.2 Å². The van der Waals surface area contributed by atoms with Crippen LogP contribution in [0.2, 0.25) is 0 Å². The van der Waals surface area contributed by atoms with Crippen LogP contribution in [0.4, 0.5) is 4.79 Å². The Morgan fingerprint density at radius 3 is 2.52 bits per heavy atom. The molecule has 0 radical (unpaired) electrons. The lowest BCUT2D eigenvalue weighted by molar-refractivity contribution is 0.0377. The van der Waals surface area contributed by atoms with E-state index < -0.39 is 0 Å².